The average Bonchev–Trinajstić information content (AvgIpc) is 2.81. The molecule has 30 heavy (non-hydrogen) atoms. The van der Waals surface area contributed by atoms with Gasteiger partial charge in [0.1, 0.15) is 11.1 Å². The van der Waals surface area contributed by atoms with Crippen molar-refractivity contribution in [1.29, 1.82) is 10.5 Å². The van der Waals surface area contributed by atoms with Crippen molar-refractivity contribution in [3.8, 4) is 29.4 Å². The van der Waals surface area contributed by atoms with E-state index in [-0.39, 0.29) is 11.8 Å². The second kappa shape index (κ2) is 7.91. The van der Waals surface area contributed by atoms with Gasteiger partial charge in [-0.05, 0) is 43.9 Å². The van der Waals surface area contributed by atoms with Crippen molar-refractivity contribution in [3.05, 3.63) is 12.1 Å². The highest BCUT2D eigenvalue weighted by Crippen LogP contribution is 2.58. The molecule has 0 spiro atoms. The number of nitrogens with zero attached hydrogens (tertiary/aromatic N) is 3. The third-order valence-electron chi connectivity index (χ3n) is 7.73. The molecule has 4 rings (SSSR count). The molecule has 2 saturated carbocycles. The summed E-state index contributed by atoms with van der Waals surface area (Å²) in [6.07, 6.45) is 8.99. The lowest BCUT2D eigenvalue weighted by Crippen LogP contribution is -2.71. The molecule has 1 aliphatic heterocycles. The van der Waals surface area contributed by atoms with Gasteiger partial charge < -0.3 is 19.1 Å². The number of piperidine rings is 1. The van der Waals surface area contributed by atoms with Gasteiger partial charge >= 0.3 is 0 Å². The highest BCUT2D eigenvalue weighted by molar-refractivity contribution is 5.68. The van der Waals surface area contributed by atoms with E-state index in [0.717, 1.165) is 63.5 Å². The minimum atomic E-state index is -0.674. The van der Waals surface area contributed by atoms with E-state index in [2.05, 4.69) is 17.0 Å². The molecular formula is C24H31N3O3. The van der Waals surface area contributed by atoms with Crippen LogP contribution in [0.25, 0.3) is 0 Å². The van der Waals surface area contributed by atoms with Gasteiger partial charge in [-0.1, -0.05) is 25.7 Å². The predicted molar refractivity (Wildman–Crippen MR) is 114 cm³/mol. The molecule has 3 fully saturated rings. The zero-order valence-corrected chi connectivity index (χ0v) is 18.2. The van der Waals surface area contributed by atoms with Crippen molar-refractivity contribution in [3.63, 3.8) is 0 Å². The number of hydrogen-bond donors (Lipinski definition) is 0. The fourth-order valence-corrected chi connectivity index (χ4v) is 6.42. The van der Waals surface area contributed by atoms with Crippen molar-refractivity contribution in [2.75, 3.05) is 26.2 Å². The number of nitriles is 2. The zero-order chi connectivity index (χ0) is 21.4. The second-order valence-corrected chi connectivity index (χ2v) is 8.91. The van der Waals surface area contributed by atoms with E-state index >= 15 is 0 Å². The minimum Gasteiger partial charge on any atom is -0.493 e. The molecule has 4 atom stereocenters. The Balaban J connectivity index is 1.97. The van der Waals surface area contributed by atoms with Crippen LogP contribution in [0, 0.1) is 34.5 Å². The van der Waals surface area contributed by atoms with Gasteiger partial charge in [0.25, 0.3) is 0 Å². The number of benzene rings is 1. The Hall–Kier alpha value is -2.60. The Labute approximate surface area is 179 Å². The van der Waals surface area contributed by atoms with E-state index in [1.165, 1.54) is 0 Å². The number of fused-ring (bicyclic) bond motifs is 2. The Kier molecular flexibility index (Phi) is 5.45. The van der Waals surface area contributed by atoms with Crippen LogP contribution >= 0.6 is 0 Å². The third kappa shape index (κ3) is 2.81. The van der Waals surface area contributed by atoms with Gasteiger partial charge in [0.15, 0.2) is 11.5 Å². The highest BCUT2D eigenvalue weighted by atomic mass is 16.5. The van der Waals surface area contributed by atoms with Crippen molar-refractivity contribution < 1.29 is 14.2 Å². The van der Waals surface area contributed by atoms with Crippen LogP contribution in [0.1, 0.15) is 57.8 Å². The van der Waals surface area contributed by atoms with Gasteiger partial charge in [0.2, 0.25) is 5.75 Å². The Morgan fingerprint density at radius 3 is 1.73 bits per heavy atom. The number of rotatable bonds is 4. The van der Waals surface area contributed by atoms with Gasteiger partial charge in [0, 0.05) is 17.8 Å². The van der Waals surface area contributed by atoms with Crippen molar-refractivity contribution >= 4 is 5.69 Å². The first-order valence-electron chi connectivity index (χ1n) is 11.0. The Bertz CT molecular complexity index is 824. The molecule has 0 unspecified atom stereocenters. The smallest absolute Gasteiger partial charge is 0.203 e. The topological polar surface area (TPSA) is 78.5 Å². The molecule has 2 aliphatic carbocycles. The molecule has 1 aromatic rings. The first-order chi connectivity index (χ1) is 14.6. The molecule has 1 heterocycles. The summed E-state index contributed by atoms with van der Waals surface area (Å²) in [6.45, 7) is 0. The summed E-state index contributed by atoms with van der Waals surface area (Å²) in [5, 5.41) is 21.1. The van der Waals surface area contributed by atoms with Crippen molar-refractivity contribution in [2.24, 2.45) is 11.8 Å². The lowest BCUT2D eigenvalue weighted by Gasteiger charge is -2.62. The van der Waals surface area contributed by atoms with E-state index in [9.17, 15) is 10.5 Å². The van der Waals surface area contributed by atoms with Crippen LogP contribution in [0.2, 0.25) is 0 Å². The monoisotopic (exact) mass is 409 g/mol. The minimum absolute atomic E-state index is 0.278. The number of anilines is 1. The summed E-state index contributed by atoms with van der Waals surface area (Å²) in [4.78, 5) is 2.20. The molecule has 1 saturated heterocycles. The first kappa shape index (κ1) is 20.7. The molecule has 0 aromatic heterocycles. The van der Waals surface area contributed by atoms with Crippen LogP contribution in [-0.2, 0) is 0 Å². The molecule has 6 nitrogen and oxygen atoms in total. The zero-order valence-electron chi connectivity index (χ0n) is 18.2. The third-order valence-corrected chi connectivity index (χ3v) is 7.73. The highest BCUT2D eigenvalue weighted by Gasteiger charge is 2.62. The van der Waals surface area contributed by atoms with Crippen LogP contribution in [-0.4, -0.2) is 32.4 Å². The quantitative estimate of drug-likeness (QED) is 0.709. The molecule has 0 bridgehead atoms. The molecule has 0 amide bonds. The second-order valence-electron chi connectivity index (χ2n) is 8.91. The van der Waals surface area contributed by atoms with Crippen molar-refractivity contribution in [2.45, 2.75) is 68.9 Å². The summed E-state index contributed by atoms with van der Waals surface area (Å²) >= 11 is 0. The molecule has 0 radical (unpaired) electrons. The fourth-order valence-electron chi connectivity index (χ4n) is 6.42. The summed E-state index contributed by atoms with van der Waals surface area (Å²) in [7, 11) is 4.79. The summed E-state index contributed by atoms with van der Waals surface area (Å²) < 4.78 is 16.8. The Morgan fingerprint density at radius 2 is 1.33 bits per heavy atom. The summed E-state index contributed by atoms with van der Waals surface area (Å²) in [5.74, 6) is 2.19. The molecule has 1 aromatic carbocycles. The fraction of sp³-hybridized carbons (Fsp3) is 0.667. The van der Waals surface area contributed by atoms with Gasteiger partial charge in [-0.3, -0.25) is 0 Å². The van der Waals surface area contributed by atoms with Crippen molar-refractivity contribution in [1.82, 2.24) is 0 Å². The molecule has 160 valence electrons. The maximum absolute atomic E-state index is 10.6. The van der Waals surface area contributed by atoms with Crippen LogP contribution < -0.4 is 19.1 Å². The molecule has 6 heteroatoms. The standard InChI is InChI=1S/C24H31N3O3/c1-28-20-13-19(14-21(29-2)22(20)30-3)27-23(15-25)10-6-4-8-17(23)12-18-9-5-7-11-24(18,27)16-26/h13-14,17-18H,4-12H2,1-3H3/t17-,18+,23-,24-/m1/s1. The summed E-state index contributed by atoms with van der Waals surface area (Å²) in [6, 6.07) is 9.29. The van der Waals surface area contributed by atoms with Crippen LogP contribution in [0.5, 0.6) is 17.2 Å². The van der Waals surface area contributed by atoms with Gasteiger partial charge in [0.05, 0.1) is 33.5 Å². The van der Waals surface area contributed by atoms with Crippen LogP contribution in [0.3, 0.4) is 0 Å². The van der Waals surface area contributed by atoms with Gasteiger partial charge in [-0.2, -0.15) is 10.5 Å². The molecule has 3 aliphatic rings. The average molecular weight is 410 g/mol. The predicted octanol–water partition coefficient (Wildman–Crippen LogP) is 4.83. The summed E-state index contributed by atoms with van der Waals surface area (Å²) in [5.41, 5.74) is -0.523. The van der Waals surface area contributed by atoms with Gasteiger partial charge in [-0.15, -0.1) is 0 Å². The van der Waals surface area contributed by atoms with E-state index in [1.54, 1.807) is 21.3 Å². The lowest BCUT2D eigenvalue weighted by molar-refractivity contribution is 0.0614. The van der Waals surface area contributed by atoms with Crippen LogP contribution in [0.15, 0.2) is 12.1 Å². The maximum Gasteiger partial charge on any atom is 0.203 e. The largest absolute Gasteiger partial charge is 0.493 e. The number of ether oxygens (including phenoxy) is 3. The van der Waals surface area contributed by atoms with E-state index < -0.39 is 11.1 Å². The normalized spacial score (nSPS) is 32.8. The Morgan fingerprint density at radius 1 is 0.833 bits per heavy atom. The lowest BCUT2D eigenvalue weighted by atomic mass is 9.57. The SMILES string of the molecule is COc1cc(N2[C@@]3(C#N)CCCC[C@@H]3C[C@@H]3CCCC[C@@]32C#N)cc(OC)c1OC. The van der Waals surface area contributed by atoms with E-state index in [1.807, 2.05) is 12.1 Å². The van der Waals surface area contributed by atoms with E-state index in [0.29, 0.717) is 17.2 Å². The number of methoxy groups -OCH3 is 3. The maximum atomic E-state index is 10.6. The van der Waals surface area contributed by atoms with E-state index in [4.69, 9.17) is 14.2 Å². The van der Waals surface area contributed by atoms with Crippen LogP contribution in [0.4, 0.5) is 5.69 Å². The molecule has 0 N–H and O–H groups in total. The first-order valence-corrected chi connectivity index (χ1v) is 11.0. The van der Waals surface area contributed by atoms with Gasteiger partial charge in [-0.25, -0.2) is 0 Å². The molecular weight excluding hydrogens is 378 g/mol. The number of hydrogen-bond acceptors (Lipinski definition) is 6.